The topological polar surface area (TPSA) is 37.4 Å². The Hall–Kier alpha value is -2.80. The summed E-state index contributed by atoms with van der Waals surface area (Å²) in [7, 11) is 1.67. The van der Waals surface area contributed by atoms with Crippen molar-refractivity contribution in [2.45, 2.75) is 31.6 Å². The second-order valence-electron chi connectivity index (χ2n) is 7.59. The first kappa shape index (κ1) is 20.5. The molecule has 0 unspecified atom stereocenters. The zero-order chi connectivity index (χ0) is 21.1. The molecule has 0 radical (unpaired) electrons. The predicted octanol–water partition coefficient (Wildman–Crippen LogP) is 5.02. The molecule has 1 aliphatic heterocycles. The van der Waals surface area contributed by atoms with E-state index in [-0.39, 0.29) is 0 Å². The standard InChI is InChI=1S/C23H24F3N3O/c1-30-21-6-4-17-12-16(2-3-18(17)13-21)14-27-20-8-10-29(11-9-20)22-7-5-19(15-28-22)23(24,25)26/h2-7,12-13,15,20,27H,8-11,14H2,1H3. The van der Waals surface area contributed by atoms with Gasteiger partial charge in [0.25, 0.3) is 0 Å². The van der Waals surface area contributed by atoms with Gasteiger partial charge >= 0.3 is 6.18 Å². The van der Waals surface area contributed by atoms with Crippen molar-refractivity contribution in [1.29, 1.82) is 0 Å². The molecule has 0 saturated carbocycles. The van der Waals surface area contributed by atoms with Crippen molar-refractivity contribution in [2.24, 2.45) is 0 Å². The van der Waals surface area contributed by atoms with Gasteiger partial charge in [-0.3, -0.25) is 0 Å². The van der Waals surface area contributed by atoms with E-state index in [1.165, 1.54) is 17.0 Å². The van der Waals surface area contributed by atoms with Crippen LogP contribution >= 0.6 is 0 Å². The Morgan fingerprint density at radius 2 is 1.77 bits per heavy atom. The summed E-state index contributed by atoms with van der Waals surface area (Å²) in [5.74, 6) is 1.45. The molecule has 0 bridgehead atoms. The highest BCUT2D eigenvalue weighted by atomic mass is 19.4. The van der Waals surface area contributed by atoms with E-state index in [0.29, 0.717) is 11.9 Å². The lowest BCUT2D eigenvalue weighted by molar-refractivity contribution is -0.137. The summed E-state index contributed by atoms with van der Waals surface area (Å²) in [5.41, 5.74) is 0.510. The molecular weight excluding hydrogens is 391 g/mol. The van der Waals surface area contributed by atoms with E-state index < -0.39 is 11.7 Å². The first-order chi connectivity index (χ1) is 14.4. The number of alkyl halides is 3. The third-order valence-electron chi connectivity index (χ3n) is 5.60. The van der Waals surface area contributed by atoms with E-state index in [9.17, 15) is 13.2 Å². The number of anilines is 1. The first-order valence-corrected chi connectivity index (χ1v) is 10.0. The molecule has 1 fully saturated rings. The summed E-state index contributed by atoms with van der Waals surface area (Å²) >= 11 is 0. The fourth-order valence-corrected chi connectivity index (χ4v) is 3.83. The molecular formula is C23H24F3N3O. The number of halogens is 3. The van der Waals surface area contributed by atoms with Gasteiger partial charge in [-0.2, -0.15) is 13.2 Å². The van der Waals surface area contributed by atoms with Gasteiger partial charge in [-0.05, 0) is 59.5 Å². The molecule has 1 N–H and O–H groups in total. The third-order valence-corrected chi connectivity index (χ3v) is 5.60. The monoisotopic (exact) mass is 415 g/mol. The van der Waals surface area contributed by atoms with Crippen LogP contribution in [0.4, 0.5) is 19.0 Å². The van der Waals surface area contributed by atoms with Crippen molar-refractivity contribution in [3.8, 4) is 5.75 Å². The molecule has 2 heterocycles. The van der Waals surface area contributed by atoms with Gasteiger partial charge < -0.3 is 15.0 Å². The number of piperidine rings is 1. The maximum atomic E-state index is 12.7. The summed E-state index contributed by atoms with van der Waals surface area (Å²) in [5, 5.41) is 5.93. The number of pyridine rings is 1. The highest BCUT2D eigenvalue weighted by Crippen LogP contribution is 2.30. The van der Waals surface area contributed by atoms with Gasteiger partial charge in [0, 0.05) is 31.9 Å². The summed E-state index contributed by atoms with van der Waals surface area (Å²) in [4.78, 5) is 6.05. The van der Waals surface area contributed by atoms with Crippen LogP contribution in [0.3, 0.4) is 0 Å². The van der Waals surface area contributed by atoms with Gasteiger partial charge in [0.1, 0.15) is 11.6 Å². The van der Waals surface area contributed by atoms with Crippen LogP contribution in [0.2, 0.25) is 0 Å². The average Bonchev–Trinajstić information content (AvgIpc) is 2.77. The van der Waals surface area contributed by atoms with Crippen molar-refractivity contribution in [3.63, 3.8) is 0 Å². The molecule has 1 aliphatic rings. The average molecular weight is 415 g/mol. The Labute approximate surface area is 173 Å². The van der Waals surface area contributed by atoms with Crippen LogP contribution in [0.25, 0.3) is 10.8 Å². The van der Waals surface area contributed by atoms with Crippen molar-refractivity contribution in [2.75, 3.05) is 25.1 Å². The number of hydrogen-bond donors (Lipinski definition) is 1. The summed E-state index contributed by atoms with van der Waals surface area (Å²) < 4.78 is 43.3. The molecule has 1 aromatic heterocycles. The largest absolute Gasteiger partial charge is 0.497 e. The number of nitrogens with one attached hydrogen (secondary N) is 1. The smallest absolute Gasteiger partial charge is 0.417 e. The Morgan fingerprint density at radius 3 is 2.43 bits per heavy atom. The Kier molecular flexibility index (Phi) is 5.81. The number of methoxy groups -OCH3 is 1. The summed E-state index contributed by atoms with van der Waals surface area (Å²) in [6.07, 6.45) is -1.59. The molecule has 4 rings (SSSR count). The third kappa shape index (κ3) is 4.67. The van der Waals surface area contributed by atoms with E-state index in [1.807, 2.05) is 17.0 Å². The fraction of sp³-hybridized carbons (Fsp3) is 0.348. The van der Waals surface area contributed by atoms with Crippen LogP contribution in [-0.2, 0) is 12.7 Å². The molecule has 4 nitrogen and oxygen atoms in total. The molecule has 30 heavy (non-hydrogen) atoms. The Morgan fingerprint density at radius 1 is 1.03 bits per heavy atom. The molecule has 0 atom stereocenters. The lowest BCUT2D eigenvalue weighted by Gasteiger charge is -2.33. The van der Waals surface area contributed by atoms with Crippen molar-refractivity contribution >= 4 is 16.6 Å². The van der Waals surface area contributed by atoms with E-state index in [1.54, 1.807) is 7.11 Å². The van der Waals surface area contributed by atoms with Crippen LogP contribution in [0, 0.1) is 0 Å². The molecule has 7 heteroatoms. The van der Waals surface area contributed by atoms with Crippen LogP contribution in [0.15, 0.2) is 54.7 Å². The SMILES string of the molecule is COc1ccc2cc(CNC3CCN(c4ccc(C(F)(F)F)cn4)CC3)ccc2c1. The normalized spacial score (nSPS) is 15.5. The zero-order valence-electron chi connectivity index (χ0n) is 16.7. The molecule has 1 saturated heterocycles. The van der Waals surface area contributed by atoms with Gasteiger partial charge in [0.2, 0.25) is 0 Å². The maximum Gasteiger partial charge on any atom is 0.417 e. The van der Waals surface area contributed by atoms with Crippen LogP contribution in [-0.4, -0.2) is 31.2 Å². The number of aromatic nitrogens is 1. The van der Waals surface area contributed by atoms with Crippen molar-refractivity contribution in [3.05, 3.63) is 65.9 Å². The lowest BCUT2D eigenvalue weighted by Crippen LogP contribution is -2.42. The minimum Gasteiger partial charge on any atom is -0.497 e. The molecule has 0 aliphatic carbocycles. The van der Waals surface area contributed by atoms with E-state index in [2.05, 4.69) is 34.6 Å². The lowest BCUT2D eigenvalue weighted by atomic mass is 10.0. The summed E-state index contributed by atoms with van der Waals surface area (Å²) in [6.45, 7) is 2.33. The Bertz CT molecular complexity index is 997. The number of rotatable bonds is 5. The number of nitrogens with zero attached hydrogens (tertiary/aromatic N) is 2. The highest BCUT2D eigenvalue weighted by molar-refractivity contribution is 5.84. The molecule has 2 aromatic carbocycles. The number of ether oxygens (including phenoxy) is 1. The minimum absolute atomic E-state index is 0.377. The van der Waals surface area contributed by atoms with Gasteiger partial charge in [-0.25, -0.2) is 4.98 Å². The van der Waals surface area contributed by atoms with Crippen LogP contribution in [0.5, 0.6) is 5.75 Å². The number of fused-ring (bicyclic) bond motifs is 1. The zero-order valence-corrected chi connectivity index (χ0v) is 16.7. The summed E-state index contributed by atoms with van der Waals surface area (Å²) in [6, 6.07) is 15.4. The van der Waals surface area contributed by atoms with Gasteiger partial charge in [0.05, 0.1) is 12.7 Å². The minimum atomic E-state index is -4.35. The Balaban J connectivity index is 1.30. The first-order valence-electron chi connectivity index (χ1n) is 10.0. The quantitative estimate of drug-likeness (QED) is 0.635. The molecule has 158 valence electrons. The predicted molar refractivity (Wildman–Crippen MR) is 112 cm³/mol. The van der Waals surface area contributed by atoms with Gasteiger partial charge in [-0.15, -0.1) is 0 Å². The number of benzene rings is 2. The van der Waals surface area contributed by atoms with Crippen LogP contribution < -0.4 is 15.0 Å². The maximum absolute atomic E-state index is 12.7. The van der Waals surface area contributed by atoms with Crippen molar-refractivity contribution < 1.29 is 17.9 Å². The van der Waals surface area contributed by atoms with Gasteiger partial charge in [0.15, 0.2) is 0 Å². The molecule has 0 spiro atoms. The fourth-order valence-electron chi connectivity index (χ4n) is 3.83. The number of hydrogen-bond acceptors (Lipinski definition) is 4. The van der Waals surface area contributed by atoms with E-state index >= 15 is 0 Å². The second-order valence-corrected chi connectivity index (χ2v) is 7.59. The van der Waals surface area contributed by atoms with Crippen molar-refractivity contribution in [1.82, 2.24) is 10.3 Å². The molecule has 0 amide bonds. The highest BCUT2D eigenvalue weighted by Gasteiger charge is 2.31. The van der Waals surface area contributed by atoms with Gasteiger partial charge in [-0.1, -0.05) is 18.2 Å². The van der Waals surface area contributed by atoms with Crippen LogP contribution in [0.1, 0.15) is 24.0 Å². The molecule has 3 aromatic rings. The van der Waals surface area contributed by atoms with E-state index in [4.69, 9.17) is 4.74 Å². The second kappa shape index (κ2) is 8.52. The van der Waals surface area contributed by atoms with E-state index in [0.717, 1.165) is 55.9 Å².